The van der Waals surface area contributed by atoms with Crippen molar-refractivity contribution in [3.8, 4) is 28.7 Å². The summed E-state index contributed by atoms with van der Waals surface area (Å²) in [7, 11) is -2.32. The quantitative estimate of drug-likeness (QED) is 0.0184. The van der Waals surface area contributed by atoms with Gasteiger partial charge in [0.1, 0.15) is 41.6 Å². The smallest absolute Gasteiger partial charge is 0.501 e. The molecule has 0 aliphatic carbocycles. The average molecular weight is 1340 g/mol. The van der Waals surface area contributed by atoms with Crippen LogP contribution in [0.4, 0.5) is 5.69 Å². The summed E-state index contributed by atoms with van der Waals surface area (Å²) >= 11 is 6.56. The minimum atomic E-state index is -5.27. The molecule has 0 bridgehead atoms. The molecule has 1 unspecified atom stereocenters. The Morgan fingerprint density at radius 3 is 2.04 bits per heavy atom. The number of aromatic amines is 1. The topological polar surface area (TPSA) is 371 Å². The molecule has 0 saturated carbocycles. The highest BCUT2D eigenvalue weighted by molar-refractivity contribution is 7.82. The Balaban J connectivity index is 0.729. The number of aliphatic hydroxyl groups is 4. The van der Waals surface area contributed by atoms with E-state index in [0.29, 0.717) is 119 Å². The van der Waals surface area contributed by atoms with Crippen molar-refractivity contribution in [2.75, 3.05) is 144 Å². The number of carbonyl (C=O) groups excluding carboxylic acids is 4. The Bertz CT molecular complexity index is 3600. The Labute approximate surface area is 539 Å². The third-order valence-corrected chi connectivity index (χ3v) is 16.4. The molecule has 30 nitrogen and oxygen atoms in total. The van der Waals surface area contributed by atoms with Gasteiger partial charge < -0.3 is 96.1 Å². The lowest BCUT2D eigenvalue weighted by molar-refractivity contribution is -0.277. The van der Waals surface area contributed by atoms with E-state index in [1.807, 2.05) is 0 Å². The number of rotatable bonds is 38. The number of ether oxygens (including phenoxy) is 10. The van der Waals surface area contributed by atoms with Crippen molar-refractivity contribution in [1.82, 2.24) is 29.8 Å². The zero-order valence-electron chi connectivity index (χ0n) is 51.2. The van der Waals surface area contributed by atoms with Crippen LogP contribution in [0, 0.1) is 0 Å². The molecule has 0 radical (unpaired) electrons. The molecule has 6 aromatic rings. The van der Waals surface area contributed by atoms with E-state index >= 15 is 0 Å². The maximum absolute atomic E-state index is 14.4. The summed E-state index contributed by atoms with van der Waals surface area (Å²) < 4.78 is 97.6. The van der Waals surface area contributed by atoms with E-state index in [-0.39, 0.29) is 104 Å². The number of amides is 4. The van der Waals surface area contributed by atoms with Gasteiger partial charge in [0.15, 0.2) is 17.2 Å². The second kappa shape index (κ2) is 33.7. The molecule has 32 heteroatoms. The number of aliphatic hydroxyl groups excluding tert-OH is 4. The maximum Gasteiger partial charge on any atom is 0.501 e. The van der Waals surface area contributed by atoms with Gasteiger partial charge in [-0.1, -0.05) is 5.21 Å². The summed E-state index contributed by atoms with van der Waals surface area (Å²) in [6.45, 7) is 4.80. The van der Waals surface area contributed by atoms with Crippen molar-refractivity contribution < 1.29 is 109 Å². The largest absolute Gasteiger partial charge is 0.508 e. The van der Waals surface area contributed by atoms with Crippen LogP contribution >= 0.6 is 11.6 Å². The number of methoxy groups -OCH3 is 1. The second-order valence-corrected chi connectivity index (χ2v) is 23.1. The van der Waals surface area contributed by atoms with Gasteiger partial charge in [-0.05, 0) is 65.5 Å². The van der Waals surface area contributed by atoms with Crippen LogP contribution in [0.2, 0.25) is 0 Å². The minimum Gasteiger partial charge on any atom is -0.508 e. The number of nitrogens with one attached hydrogen (secondary N) is 1. The number of benzene rings is 4. The number of H-pyrrole nitrogens is 1. The molecule has 2 fully saturated rings. The lowest BCUT2D eigenvalue weighted by atomic mass is 9.95. The van der Waals surface area contributed by atoms with Crippen LogP contribution in [0.25, 0.3) is 21.7 Å². The summed E-state index contributed by atoms with van der Waals surface area (Å²) in [6, 6.07) is 15.9. The molecule has 6 atom stereocenters. The van der Waals surface area contributed by atoms with Crippen molar-refractivity contribution in [3.05, 3.63) is 95.4 Å². The highest BCUT2D eigenvalue weighted by Gasteiger charge is 2.45. The number of alkyl halides is 1. The highest BCUT2D eigenvalue weighted by Crippen LogP contribution is 2.48. The van der Waals surface area contributed by atoms with E-state index in [1.54, 1.807) is 41.2 Å². The number of halogens is 1. The van der Waals surface area contributed by atoms with Crippen LogP contribution in [0.5, 0.6) is 28.7 Å². The molecule has 4 amide bonds. The first kappa shape index (κ1) is 70.0. The van der Waals surface area contributed by atoms with Gasteiger partial charge >= 0.3 is 10.4 Å². The van der Waals surface area contributed by atoms with Gasteiger partial charge in [0, 0.05) is 91.4 Å². The van der Waals surface area contributed by atoms with Crippen molar-refractivity contribution >= 4 is 73.0 Å². The van der Waals surface area contributed by atoms with E-state index in [2.05, 4.69) is 15.3 Å². The fourth-order valence-electron chi connectivity index (χ4n) is 10.4. The Morgan fingerprint density at radius 2 is 1.38 bits per heavy atom. The van der Waals surface area contributed by atoms with Gasteiger partial charge in [-0.25, -0.2) is 4.68 Å². The monoisotopic (exact) mass is 1340 g/mol. The number of aromatic nitrogens is 4. The predicted molar refractivity (Wildman–Crippen MR) is 329 cm³/mol. The lowest BCUT2D eigenvalue weighted by Crippen LogP contribution is -2.60. The summed E-state index contributed by atoms with van der Waals surface area (Å²) in [5.74, 6) is -2.78. The number of phenolic OH excluding ortho intramolecular Hbond substituents is 1. The number of imide groups is 1. The fraction of sp³-hybridized carbons (Fsp3) is 0.508. The SMILES string of the molecule is COc1ccc2c(OS(=O)(=O)Oc3cc(C(=O)N(C)CCOCCn4cc(CCOCCOCCOCCOCCOCCOCCN5C(=O)CCC5=O)nn4)ccc3O[C@@H]3O[C@H](CO)[C@H](O)[C@H](O)C3O)cc3c(c2c1)[C@H](CCl)CN3C(=O)c1cc2ccc(O)cc2[nH]1. The molecule has 2 saturated heterocycles. The summed E-state index contributed by atoms with van der Waals surface area (Å²) in [4.78, 5) is 58.6. The molecule has 6 N–H and O–H groups in total. The molecule has 5 heterocycles. The number of nitrogens with zero attached hydrogens (tertiary/aromatic N) is 6. The molecular formula is C61H76ClN7O23S. The van der Waals surface area contributed by atoms with Crippen LogP contribution in [0.1, 0.15) is 50.9 Å². The van der Waals surface area contributed by atoms with Gasteiger partial charge in [0.2, 0.25) is 18.1 Å². The molecule has 3 aliphatic heterocycles. The predicted octanol–water partition coefficient (Wildman–Crippen LogP) is 2.07. The van der Waals surface area contributed by atoms with Crippen LogP contribution in [-0.2, 0) is 70.8 Å². The molecule has 0 spiro atoms. The lowest BCUT2D eigenvalue weighted by Gasteiger charge is -2.39. The van der Waals surface area contributed by atoms with Gasteiger partial charge in [0.05, 0.1) is 131 Å². The fourth-order valence-corrected chi connectivity index (χ4v) is 11.4. The number of hydrogen-bond acceptors (Lipinski definition) is 25. The molecular weight excluding hydrogens is 1270 g/mol. The number of likely N-dealkylation sites (N-methyl/N-ethyl adjacent to an activating group) is 1. The van der Waals surface area contributed by atoms with Crippen LogP contribution in [-0.4, -0.2) is 257 Å². The average Bonchev–Trinajstić information content (AvgIpc) is 1.64. The summed E-state index contributed by atoms with van der Waals surface area (Å²) in [5, 5.41) is 61.5. The van der Waals surface area contributed by atoms with Gasteiger partial charge in [-0.2, -0.15) is 0 Å². The number of aromatic hydroxyl groups is 1. The van der Waals surface area contributed by atoms with Crippen LogP contribution < -0.4 is 22.7 Å². The Kier molecular flexibility index (Phi) is 25.3. The van der Waals surface area contributed by atoms with Crippen molar-refractivity contribution in [3.63, 3.8) is 0 Å². The van der Waals surface area contributed by atoms with E-state index < -0.39 is 76.9 Å². The Morgan fingerprint density at radius 1 is 0.731 bits per heavy atom. The summed E-state index contributed by atoms with van der Waals surface area (Å²) in [6.07, 6.45) is -5.94. The van der Waals surface area contributed by atoms with E-state index in [0.717, 1.165) is 12.1 Å². The first-order valence-electron chi connectivity index (χ1n) is 30.1. The van der Waals surface area contributed by atoms with E-state index in [1.165, 1.54) is 53.1 Å². The normalized spacial score (nSPS) is 19.0. The molecule has 506 valence electrons. The maximum atomic E-state index is 14.4. The summed E-state index contributed by atoms with van der Waals surface area (Å²) in [5.41, 5.74) is 2.15. The van der Waals surface area contributed by atoms with Crippen molar-refractivity contribution in [1.29, 1.82) is 0 Å². The number of likely N-dealkylation sites (tertiary alicyclic amines) is 1. The van der Waals surface area contributed by atoms with Gasteiger partial charge in [-0.3, -0.25) is 24.1 Å². The first-order chi connectivity index (χ1) is 44.9. The third kappa shape index (κ3) is 18.5. The number of phenols is 1. The zero-order chi connectivity index (χ0) is 66.0. The second-order valence-electron chi connectivity index (χ2n) is 21.7. The number of anilines is 1. The molecule has 9 rings (SSSR count). The number of hydrogen-bond donors (Lipinski definition) is 6. The molecule has 2 aromatic heterocycles. The van der Waals surface area contributed by atoms with Crippen molar-refractivity contribution in [2.24, 2.45) is 0 Å². The highest BCUT2D eigenvalue weighted by atomic mass is 35.5. The first-order valence-corrected chi connectivity index (χ1v) is 31.9. The van der Waals surface area contributed by atoms with Gasteiger partial charge in [0.25, 0.3) is 11.8 Å². The number of fused-ring (bicyclic) bond motifs is 4. The van der Waals surface area contributed by atoms with Crippen LogP contribution in [0.15, 0.2) is 72.9 Å². The van der Waals surface area contributed by atoms with E-state index in [4.69, 9.17) is 67.3 Å². The van der Waals surface area contributed by atoms with E-state index in [9.17, 15) is 53.1 Å². The van der Waals surface area contributed by atoms with Gasteiger partial charge in [-0.15, -0.1) is 25.1 Å². The molecule has 3 aliphatic rings. The van der Waals surface area contributed by atoms with Crippen LogP contribution in [0.3, 0.4) is 0 Å². The number of carbonyl (C=O) groups is 4. The zero-order valence-corrected chi connectivity index (χ0v) is 52.8. The Hall–Kier alpha value is -7.34. The van der Waals surface area contributed by atoms with Crippen molar-refractivity contribution in [2.45, 2.75) is 62.4 Å². The molecule has 4 aromatic carbocycles. The minimum absolute atomic E-state index is 0.0124. The molecule has 93 heavy (non-hydrogen) atoms. The third-order valence-electron chi connectivity index (χ3n) is 15.3. The standard InChI is InChI=1S/C61H76ClN7O23S/c1-66(12-16-83-17-13-67-36-41(64-65-67)11-15-82-19-21-85-23-25-87-27-28-88-26-24-86-22-20-84-18-14-68-53(72)9-10-54(68)73)59(77)39-4-8-49(89-61-58(76)57(75)56(74)52(37-70)90-61)51(30-39)92-93(79,80)91-50-33-48-55(45-32-43(81-2)6-7-44(45)50)40(34-62)35-69(48)60(78)47-29-38-3-5-42(71)31-46(38)63-47/h3-8,29-33,36,40,52,56-58,61,63,70-71,74-76H,9-28,34-35,37H2,1-2H3/t40-,52-,56+,57+,58?,61-/m1/s1.